The molecule has 0 aliphatic carbocycles. The van der Waals surface area contributed by atoms with E-state index in [0.29, 0.717) is 0 Å². The van der Waals surface area contributed by atoms with Crippen molar-refractivity contribution in [3.63, 3.8) is 0 Å². The van der Waals surface area contributed by atoms with Crippen molar-refractivity contribution < 1.29 is 57.4 Å². The molecule has 0 spiro atoms. The Kier molecular flexibility index (Phi) is 5.26. The predicted octanol–water partition coefficient (Wildman–Crippen LogP) is 4.98. The van der Waals surface area contributed by atoms with Gasteiger partial charge in [-0.05, 0) is 0 Å². The fourth-order valence-corrected chi connectivity index (χ4v) is 1.36. The maximum Gasteiger partial charge on any atom is 0.459 e. The van der Waals surface area contributed by atoms with Gasteiger partial charge in [0.2, 0.25) is 29.1 Å². The molecular weight excluding hydrogens is 376 g/mol. The maximum atomic E-state index is 13.1. The third kappa shape index (κ3) is 3.34. The van der Waals surface area contributed by atoms with E-state index in [0.717, 1.165) is 0 Å². The van der Waals surface area contributed by atoms with Crippen LogP contribution in [0.3, 0.4) is 0 Å². The van der Waals surface area contributed by atoms with Gasteiger partial charge in [0.15, 0.2) is 5.75 Å². The first-order valence-corrected chi connectivity index (χ1v) is 5.61. The zero-order valence-electron chi connectivity index (χ0n) is 10.9. The number of rotatable bonds is 5. The molecule has 0 unspecified atom stereocenters. The molecule has 0 radical (unpaired) electrons. The third-order valence-electron chi connectivity index (χ3n) is 2.65. The summed E-state index contributed by atoms with van der Waals surface area (Å²) < 4.78 is 154. The summed E-state index contributed by atoms with van der Waals surface area (Å²) in [5.41, 5.74) is 0. The quantitative estimate of drug-likeness (QED) is 0.398. The molecular formula is C11H4F12O. The fraction of sp³-hybridized carbons (Fsp3) is 0.455. The van der Waals surface area contributed by atoms with Crippen LogP contribution in [0.25, 0.3) is 0 Å². The van der Waals surface area contributed by atoms with Crippen molar-refractivity contribution in [3.05, 3.63) is 29.1 Å². The molecule has 0 atom stereocenters. The largest absolute Gasteiger partial charge is 0.487 e. The first kappa shape index (κ1) is 20.2. The van der Waals surface area contributed by atoms with Gasteiger partial charge in [-0.3, -0.25) is 0 Å². The van der Waals surface area contributed by atoms with Crippen LogP contribution in [0.4, 0.5) is 52.7 Å². The SMILES string of the molecule is Fc1c(F)c(F)c(OCCC(F)(F)C(F)(F)C(F)(F)F)c(F)c1F. The van der Waals surface area contributed by atoms with Crippen molar-refractivity contribution in [3.8, 4) is 5.75 Å². The molecule has 1 rings (SSSR count). The molecule has 1 aromatic rings. The minimum Gasteiger partial charge on any atom is -0.487 e. The van der Waals surface area contributed by atoms with Crippen molar-refractivity contribution in [2.45, 2.75) is 24.4 Å². The molecule has 24 heavy (non-hydrogen) atoms. The van der Waals surface area contributed by atoms with E-state index in [2.05, 4.69) is 4.74 Å². The molecule has 138 valence electrons. The standard InChI is InChI=1S/C11H4F12O/c12-3-4(13)6(15)8(7(16)5(3)14)24-2-1-9(17,18)10(19,20)11(21,22)23/h1-2H2. The Bertz CT molecular complexity index is 591. The monoisotopic (exact) mass is 380 g/mol. The van der Waals surface area contributed by atoms with Gasteiger partial charge >= 0.3 is 18.0 Å². The predicted molar refractivity (Wildman–Crippen MR) is 52.3 cm³/mol. The van der Waals surface area contributed by atoms with E-state index in [1.165, 1.54) is 0 Å². The minimum atomic E-state index is -6.64. The zero-order valence-corrected chi connectivity index (χ0v) is 10.9. The van der Waals surface area contributed by atoms with E-state index >= 15 is 0 Å². The van der Waals surface area contributed by atoms with Crippen LogP contribution < -0.4 is 4.74 Å². The van der Waals surface area contributed by atoms with Gasteiger partial charge in [0.25, 0.3) is 0 Å². The van der Waals surface area contributed by atoms with Crippen molar-refractivity contribution in [2.75, 3.05) is 6.61 Å². The Morgan fingerprint density at radius 1 is 0.625 bits per heavy atom. The van der Waals surface area contributed by atoms with Gasteiger partial charge in [-0.1, -0.05) is 0 Å². The maximum absolute atomic E-state index is 13.1. The van der Waals surface area contributed by atoms with E-state index in [1.807, 2.05) is 0 Å². The smallest absolute Gasteiger partial charge is 0.459 e. The van der Waals surface area contributed by atoms with E-state index < -0.39 is 65.9 Å². The summed E-state index contributed by atoms with van der Waals surface area (Å²) in [6.07, 6.45) is -9.06. The summed E-state index contributed by atoms with van der Waals surface area (Å²) in [5.74, 6) is -27.2. The lowest BCUT2D eigenvalue weighted by molar-refractivity contribution is -0.356. The first-order valence-electron chi connectivity index (χ1n) is 5.61. The third-order valence-corrected chi connectivity index (χ3v) is 2.65. The second-order valence-corrected chi connectivity index (χ2v) is 4.27. The van der Waals surface area contributed by atoms with Crippen LogP contribution in [0, 0.1) is 29.1 Å². The first-order chi connectivity index (χ1) is 10.6. The lowest BCUT2D eigenvalue weighted by Crippen LogP contribution is -2.52. The van der Waals surface area contributed by atoms with E-state index in [-0.39, 0.29) is 0 Å². The van der Waals surface area contributed by atoms with Gasteiger partial charge in [-0.15, -0.1) is 0 Å². The normalized spacial score (nSPS) is 13.3. The van der Waals surface area contributed by atoms with Gasteiger partial charge in [-0.25, -0.2) is 13.2 Å². The minimum absolute atomic E-state index is 1.89. The molecule has 0 amide bonds. The van der Waals surface area contributed by atoms with Crippen molar-refractivity contribution >= 4 is 0 Å². The number of alkyl halides is 7. The number of ether oxygens (including phenoxy) is 1. The highest BCUT2D eigenvalue weighted by molar-refractivity contribution is 5.29. The molecule has 0 saturated carbocycles. The summed E-state index contributed by atoms with van der Waals surface area (Å²) >= 11 is 0. The number of halogens is 12. The van der Waals surface area contributed by atoms with Crippen LogP contribution in [0.1, 0.15) is 6.42 Å². The highest BCUT2D eigenvalue weighted by atomic mass is 19.4. The molecule has 0 aliphatic heterocycles. The Hall–Kier alpha value is -1.82. The average molecular weight is 380 g/mol. The van der Waals surface area contributed by atoms with Crippen LogP contribution in [-0.4, -0.2) is 24.6 Å². The molecule has 0 aliphatic rings. The highest BCUT2D eigenvalue weighted by Crippen LogP contribution is 2.48. The van der Waals surface area contributed by atoms with Crippen LogP contribution >= 0.6 is 0 Å². The summed E-state index contributed by atoms with van der Waals surface area (Å²) in [5, 5.41) is 0. The Labute approximate surface area is 124 Å². The van der Waals surface area contributed by atoms with E-state index in [4.69, 9.17) is 0 Å². The van der Waals surface area contributed by atoms with Crippen molar-refractivity contribution in [2.24, 2.45) is 0 Å². The molecule has 1 aromatic carbocycles. The van der Waals surface area contributed by atoms with Crippen LogP contribution in [0.5, 0.6) is 5.75 Å². The zero-order chi connectivity index (χ0) is 19.1. The van der Waals surface area contributed by atoms with E-state index in [1.54, 1.807) is 0 Å². The fourth-order valence-electron chi connectivity index (χ4n) is 1.36. The van der Waals surface area contributed by atoms with Crippen LogP contribution in [0.15, 0.2) is 0 Å². The summed E-state index contributed by atoms with van der Waals surface area (Å²) in [7, 11) is 0. The average Bonchev–Trinajstić information content (AvgIpc) is 2.45. The lowest BCUT2D eigenvalue weighted by Gasteiger charge is -2.28. The second kappa shape index (κ2) is 6.24. The van der Waals surface area contributed by atoms with Crippen molar-refractivity contribution in [1.29, 1.82) is 0 Å². The number of benzene rings is 1. The van der Waals surface area contributed by atoms with Gasteiger partial charge in [0, 0.05) is 0 Å². The molecule has 0 fully saturated rings. The summed E-state index contributed by atoms with van der Waals surface area (Å²) in [6, 6.07) is 0. The van der Waals surface area contributed by atoms with Gasteiger partial charge in [0.1, 0.15) is 0 Å². The molecule has 1 nitrogen and oxygen atoms in total. The van der Waals surface area contributed by atoms with Crippen LogP contribution in [-0.2, 0) is 0 Å². The van der Waals surface area contributed by atoms with Crippen molar-refractivity contribution in [1.82, 2.24) is 0 Å². The Balaban J connectivity index is 2.97. The number of hydrogen-bond acceptors (Lipinski definition) is 1. The molecule has 0 N–H and O–H groups in total. The molecule has 0 bridgehead atoms. The lowest BCUT2D eigenvalue weighted by atomic mass is 10.1. The van der Waals surface area contributed by atoms with Crippen LogP contribution in [0.2, 0.25) is 0 Å². The van der Waals surface area contributed by atoms with Gasteiger partial charge < -0.3 is 4.74 Å². The van der Waals surface area contributed by atoms with E-state index in [9.17, 15) is 52.7 Å². The Morgan fingerprint density at radius 2 is 1.00 bits per heavy atom. The van der Waals surface area contributed by atoms with Gasteiger partial charge in [0.05, 0.1) is 13.0 Å². The summed E-state index contributed by atoms with van der Waals surface area (Å²) in [6.45, 7) is -1.89. The highest BCUT2D eigenvalue weighted by Gasteiger charge is 2.72. The molecule has 0 heterocycles. The second-order valence-electron chi connectivity index (χ2n) is 4.27. The topological polar surface area (TPSA) is 9.23 Å². The number of hydrogen-bond donors (Lipinski definition) is 0. The molecule has 13 heteroatoms. The summed E-state index contributed by atoms with van der Waals surface area (Å²) in [4.78, 5) is 0. The Morgan fingerprint density at radius 3 is 1.38 bits per heavy atom. The van der Waals surface area contributed by atoms with Gasteiger partial charge in [-0.2, -0.15) is 39.5 Å². The molecule has 0 aromatic heterocycles. The molecule has 0 saturated heterocycles.